The Bertz CT molecular complexity index is 960. The maximum atomic E-state index is 11.9. The Balaban J connectivity index is 1.70. The van der Waals surface area contributed by atoms with Crippen LogP contribution in [0, 0.1) is 6.92 Å². The minimum atomic E-state index is -0.300. The van der Waals surface area contributed by atoms with Gasteiger partial charge in [0.15, 0.2) is 5.13 Å². The number of nitrogens with zero attached hydrogens (tertiary/aromatic N) is 3. The molecule has 0 aliphatic carbocycles. The van der Waals surface area contributed by atoms with Crippen molar-refractivity contribution in [2.24, 2.45) is 0 Å². The van der Waals surface area contributed by atoms with E-state index in [-0.39, 0.29) is 19.0 Å². The SMILES string of the molecule is COCCOC(=O)Cc1cccc(Nc2nccc(-c3sc(N)nc3C)n2)c1. The number of aromatic nitrogens is 3. The summed E-state index contributed by atoms with van der Waals surface area (Å²) in [6.45, 7) is 2.52. The van der Waals surface area contributed by atoms with Gasteiger partial charge < -0.3 is 20.5 Å². The van der Waals surface area contributed by atoms with Crippen LogP contribution in [-0.2, 0) is 20.7 Å². The van der Waals surface area contributed by atoms with Crippen LogP contribution in [0.1, 0.15) is 11.3 Å². The molecule has 2 aromatic heterocycles. The first kappa shape index (κ1) is 19.7. The fourth-order valence-corrected chi connectivity index (χ4v) is 3.35. The second-order valence-corrected chi connectivity index (χ2v) is 6.98. The van der Waals surface area contributed by atoms with E-state index in [1.165, 1.54) is 11.3 Å². The molecule has 0 fully saturated rings. The van der Waals surface area contributed by atoms with E-state index < -0.39 is 0 Å². The summed E-state index contributed by atoms with van der Waals surface area (Å²) in [4.78, 5) is 25.8. The van der Waals surface area contributed by atoms with E-state index >= 15 is 0 Å². The van der Waals surface area contributed by atoms with Crippen molar-refractivity contribution in [3.8, 4) is 10.6 Å². The van der Waals surface area contributed by atoms with Crippen LogP contribution < -0.4 is 11.1 Å². The highest BCUT2D eigenvalue weighted by Gasteiger charge is 2.11. The number of carbonyl (C=O) groups is 1. The number of thiazole rings is 1. The van der Waals surface area contributed by atoms with Gasteiger partial charge in [-0.05, 0) is 30.7 Å². The molecule has 28 heavy (non-hydrogen) atoms. The molecule has 2 heterocycles. The van der Waals surface area contributed by atoms with E-state index in [0.717, 1.165) is 27.5 Å². The van der Waals surface area contributed by atoms with Crippen molar-refractivity contribution in [2.45, 2.75) is 13.3 Å². The van der Waals surface area contributed by atoms with Crippen molar-refractivity contribution in [1.82, 2.24) is 15.0 Å². The number of hydrogen-bond donors (Lipinski definition) is 2. The largest absolute Gasteiger partial charge is 0.463 e. The third-order valence-electron chi connectivity index (χ3n) is 3.78. The summed E-state index contributed by atoms with van der Waals surface area (Å²) in [6, 6.07) is 9.29. The monoisotopic (exact) mass is 399 g/mol. The molecule has 3 rings (SSSR count). The Hall–Kier alpha value is -3.04. The van der Waals surface area contributed by atoms with Gasteiger partial charge in [0.1, 0.15) is 6.61 Å². The molecule has 0 amide bonds. The van der Waals surface area contributed by atoms with Gasteiger partial charge in [-0.3, -0.25) is 4.79 Å². The number of anilines is 3. The molecule has 0 atom stereocenters. The van der Waals surface area contributed by atoms with Crippen molar-refractivity contribution in [1.29, 1.82) is 0 Å². The third kappa shape index (κ3) is 5.24. The molecule has 0 saturated heterocycles. The van der Waals surface area contributed by atoms with E-state index in [0.29, 0.717) is 17.7 Å². The lowest BCUT2D eigenvalue weighted by atomic mass is 10.1. The zero-order valence-corrected chi connectivity index (χ0v) is 16.5. The molecule has 146 valence electrons. The molecular formula is C19H21N5O3S. The van der Waals surface area contributed by atoms with Crippen molar-refractivity contribution in [3.63, 3.8) is 0 Å². The molecule has 0 unspecified atom stereocenters. The van der Waals surface area contributed by atoms with Gasteiger partial charge in [0.05, 0.1) is 29.3 Å². The van der Waals surface area contributed by atoms with Crippen molar-refractivity contribution in [2.75, 3.05) is 31.4 Å². The lowest BCUT2D eigenvalue weighted by Crippen LogP contribution is -2.12. The fraction of sp³-hybridized carbons (Fsp3) is 0.263. The standard InChI is InChI=1S/C19H21N5O3S/c1-12-17(28-18(20)22-12)15-6-7-21-19(24-15)23-14-5-3-4-13(10-14)11-16(25)27-9-8-26-2/h3-7,10H,8-9,11H2,1-2H3,(H2,20,22)(H,21,23,24). The second kappa shape index (κ2) is 9.25. The van der Waals surface area contributed by atoms with Crippen molar-refractivity contribution < 1.29 is 14.3 Å². The van der Waals surface area contributed by atoms with Crippen LogP contribution in [0.2, 0.25) is 0 Å². The van der Waals surface area contributed by atoms with Crippen molar-refractivity contribution >= 4 is 34.1 Å². The topological polar surface area (TPSA) is 112 Å². The van der Waals surface area contributed by atoms with Crippen LogP contribution in [-0.4, -0.2) is 41.2 Å². The summed E-state index contributed by atoms with van der Waals surface area (Å²) < 4.78 is 9.97. The molecular weight excluding hydrogens is 378 g/mol. The molecule has 0 bridgehead atoms. The van der Waals surface area contributed by atoms with Gasteiger partial charge in [-0.1, -0.05) is 23.5 Å². The number of carbonyl (C=O) groups excluding carboxylic acids is 1. The lowest BCUT2D eigenvalue weighted by molar-refractivity contribution is -0.144. The number of ether oxygens (including phenoxy) is 2. The lowest BCUT2D eigenvalue weighted by Gasteiger charge is -2.08. The number of methoxy groups -OCH3 is 1. The summed E-state index contributed by atoms with van der Waals surface area (Å²) in [6.07, 6.45) is 1.86. The Kier molecular flexibility index (Phi) is 6.51. The predicted molar refractivity (Wildman–Crippen MR) is 109 cm³/mol. The number of nitrogen functional groups attached to an aromatic ring is 1. The molecule has 8 nitrogen and oxygen atoms in total. The average Bonchev–Trinajstić information content (AvgIpc) is 3.01. The Labute approximate surface area is 166 Å². The highest BCUT2D eigenvalue weighted by molar-refractivity contribution is 7.18. The average molecular weight is 399 g/mol. The maximum absolute atomic E-state index is 11.9. The normalized spacial score (nSPS) is 10.6. The number of nitrogens with one attached hydrogen (secondary N) is 1. The predicted octanol–water partition coefficient (Wildman–Crippen LogP) is 2.97. The van der Waals surface area contributed by atoms with E-state index in [9.17, 15) is 4.79 Å². The van der Waals surface area contributed by atoms with E-state index in [1.54, 1.807) is 13.3 Å². The van der Waals surface area contributed by atoms with Gasteiger partial charge in [0.2, 0.25) is 5.95 Å². The number of esters is 1. The molecule has 0 aliphatic heterocycles. The summed E-state index contributed by atoms with van der Waals surface area (Å²) in [5, 5.41) is 3.67. The number of aryl methyl sites for hydroxylation is 1. The summed E-state index contributed by atoms with van der Waals surface area (Å²) in [7, 11) is 1.56. The number of benzene rings is 1. The van der Waals surface area contributed by atoms with E-state index in [2.05, 4.69) is 20.3 Å². The molecule has 1 aromatic carbocycles. The summed E-state index contributed by atoms with van der Waals surface area (Å²) in [5.41, 5.74) is 8.97. The fourth-order valence-electron chi connectivity index (χ4n) is 2.54. The van der Waals surface area contributed by atoms with Crippen LogP contribution >= 0.6 is 11.3 Å². The quantitative estimate of drug-likeness (QED) is 0.439. The molecule has 0 radical (unpaired) electrons. The molecule has 0 aliphatic rings. The minimum Gasteiger partial charge on any atom is -0.463 e. The Morgan fingerprint density at radius 2 is 2.11 bits per heavy atom. The van der Waals surface area contributed by atoms with Crippen LogP contribution in [0.25, 0.3) is 10.6 Å². The van der Waals surface area contributed by atoms with Gasteiger partial charge in [-0.2, -0.15) is 0 Å². The first-order valence-electron chi connectivity index (χ1n) is 8.62. The Morgan fingerprint density at radius 3 is 2.86 bits per heavy atom. The molecule has 0 saturated carbocycles. The first-order chi connectivity index (χ1) is 13.5. The molecule has 3 N–H and O–H groups in total. The Morgan fingerprint density at radius 1 is 1.25 bits per heavy atom. The van der Waals surface area contributed by atoms with Crippen LogP contribution in [0.5, 0.6) is 0 Å². The molecule has 3 aromatic rings. The van der Waals surface area contributed by atoms with Gasteiger partial charge >= 0.3 is 5.97 Å². The first-order valence-corrected chi connectivity index (χ1v) is 9.43. The summed E-state index contributed by atoms with van der Waals surface area (Å²) >= 11 is 1.39. The van der Waals surface area contributed by atoms with Crippen LogP contribution in [0.4, 0.5) is 16.8 Å². The van der Waals surface area contributed by atoms with Crippen LogP contribution in [0.15, 0.2) is 36.5 Å². The van der Waals surface area contributed by atoms with Crippen LogP contribution in [0.3, 0.4) is 0 Å². The van der Waals surface area contributed by atoms with Gasteiger partial charge in [-0.15, -0.1) is 0 Å². The number of hydrogen-bond acceptors (Lipinski definition) is 9. The maximum Gasteiger partial charge on any atom is 0.310 e. The molecule has 0 spiro atoms. The highest BCUT2D eigenvalue weighted by Crippen LogP contribution is 2.30. The zero-order valence-electron chi connectivity index (χ0n) is 15.6. The highest BCUT2D eigenvalue weighted by atomic mass is 32.1. The number of rotatable bonds is 8. The van der Waals surface area contributed by atoms with E-state index in [4.69, 9.17) is 15.2 Å². The third-order valence-corrected chi connectivity index (χ3v) is 4.79. The minimum absolute atomic E-state index is 0.180. The summed E-state index contributed by atoms with van der Waals surface area (Å²) in [5.74, 6) is 0.148. The van der Waals surface area contributed by atoms with Crippen molar-refractivity contribution in [3.05, 3.63) is 47.8 Å². The zero-order chi connectivity index (χ0) is 19.9. The van der Waals surface area contributed by atoms with Gasteiger partial charge in [-0.25, -0.2) is 15.0 Å². The second-order valence-electron chi connectivity index (χ2n) is 5.95. The van der Waals surface area contributed by atoms with E-state index in [1.807, 2.05) is 37.3 Å². The van der Waals surface area contributed by atoms with Gasteiger partial charge in [0, 0.05) is 19.0 Å². The molecule has 9 heteroatoms. The smallest absolute Gasteiger partial charge is 0.310 e. The number of nitrogens with two attached hydrogens (primary N) is 1. The van der Waals surface area contributed by atoms with Gasteiger partial charge in [0.25, 0.3) is 0 Å².